The topological polar surface area (TPSA) is 49.6 Å². The highest BCUT2D eigenvalue weighted by molar-refractivity contribution is 5.85. The molecular formula is C16H28ClN3O. The first kappa shape index (κ1) is 19.9. The van der Waals surface area contributed by atoms with Crippen LogP contribution in [0, 0.1) is 0 Å². The molecule has 5 heteroatoms. The molecule has 0 spiro atoms. The first-order valence-corrected chi connectivity index (χ1v) is 6.99. The monoisotopic (exact) mass is 313 g/mol. The first-order chi connectivity index (χ1) is 9.20. The molecule has 21 heavy (non-hydrogen) atoms. The number of carbonyl (C=O) groups is 1. The fourth-order valence-corrected chi connectivity index (χ4v) is 2.27. The number of carbonyl (C=O) groups excluding carboxylic acids is 1. The minimum absolute atomic E-state index is 0. The zero-order valence-electron chi connectivity index (χ0n) is 13.7. The van der Waals surface area contributed by atoms with Gasteiger partial charge in [0.1, 0.15) is 0 Å². The molecule has 120 valence electrons. The van der Waals surface area contributed by atoms with Crippen LogP contribution in [0.4, 0.5) is 0 Å². The van der Waals surface area contributed by atoms with Crippen molar-refractivity contribution in [1.82, 2.24) is 9.80 Å². The van der Waals surface area contributed by atoms with Gasteiger partial charge in [0, 0.05) is 19.1 Å². The summed E-state index contributed by atoms with van der Waals surface area (Å²) in [5, 5.41) is 0. The molecule has 4 nitrogen and oxygen atoms in total. The number of rotatable bonds is 6. The van der Waals surface area contributed by atoms with Crippen molar-refractivity contribution in [3.05, 3.63) is 35.9 Å². The van der Waals surface area contributed by atoms with Crippen LogP contribution in [0.5, 0.6) is 0 Å². The van der Waals surface area contributed by atoms with E-state index in [1.54, 1.807) is 4.90 Å². The van der Waals surface area contributed by atoms with E-state index >= 15 is 0 Å². The Hall–Kier alpha value is -1.10. The van der Waals surface area contributed by atoms with Gasteiger partial charge in [-0.15, -0.1) is 12.4 Å². The number of hydrogen-bond acceptors (Lipinski definition) is 3. The highest BCUT2D eigenvalue weighted by atomic mass is 35.5. The van der Waals surface area contributed by atoms with E-state index < -0.39 is 0 Å². The number of nitrogens with two attached hydrogens (primary N) is 1. The standard InChI is InChI=1S/C16H27N3O.ClH/c1-13(14-9-7-6-8-10-14)19(5)15(20)11-18(4)12-16(2,3)17;/h6-10,13H,11-12,17H2,1-5H3;1H. The second kappa shape index (κ2) is 8.37. The van der Waals surface area contributed by atoms with Crippen LogP contribution in [-0.4, -0.2) is 48.4 Å². The van der Waals surface area contributed by atoms with Gasteiger partial charge < -0.3 is 10.6 Å². The number of benzene rings is 1. The van der Waals surface area contributed by atoms with Crippen LogP contribution in [-0.2, 0) is 4.79 Å². The second-order valence-electron chi connectivity index (χ2n) is 6.25. The Kier molecular flexibility index (Phi) is 7.93. The van der Waals surface area contributed by atoms with Crippen molar-refractivity contribution in [2.45, 2.75) is 32.4 Å². The molecule has 0 aromatic heterocycles. The fourth-order valence-electron chi connectivity index (χ4n) is 2.27. The predicted molar refractivity (Wildman–Crippen MR) is 90.6 cm³/mol. The molecule has 0 fully saturated rings. The minimum Gasteiger partial charge on any atom is -0.338 e. The predicted octanol–water partition coefficient (Wildman–Crippen LogP) is 2.30. The van der Waals surface area contributed by atoms with Gasteiger partial charge in [0.15, 0.2) is 0 Å². The number of hydrogen-bond donors (Lipinski definition) is 1. The molecule has 0 heterocycles. The van der Waals surface area contributed by atoms with Crippen LogP contribution in [0.25, 0.3) is 0 Å². The number of nitrogens with zero attached hydrogens (tertiary/aromatic N) is 2. The van der Waals surface area contributed by atoms with E-state index in [0.29, 0.717) is 13.1 Å². The lowest BCUT2D eigenvalue weighted by Crippen LogP contribution is -2.47. The maximum Gasteiger partial charge on any atom is 0.236 e. The lowest BCUT2D eigenvalue weighted by Gasteiger charge is -2.30. The Labute approximate surface area is 134 Å². The fraction of sp³-hybridized carbons (Fsp3) is 0.562. The molecule has 1 rings (SSSR count). The second-order valence-corrected chi connectivity index (χ2v) is 6.25. The largest absolute Gasteiger partial charge is 0.338 e. The smallest absolute Gasteiger partial charge is 0.236 e. The quantitative estimate of drug-likeness (QED) is 0.876. The molecule has 1 unspecified atom stereocenters. The third-order valence-electron chi connectivity index (χ3n) is 3.34. The van der Waals surface area contributed by atoms with Crippen molar-refractivity contribution in [3.63, 3.8) is 0 Å². The van der Waals surface area contributed by atoms with Crippen LogP contribution in [0.1, 0.15) is 32.4 Å². The van der Waals surface area contributed by atoms with E-state index in [0.717, 1.165) is 5.56 Å². The lowest BCUT2D eigenvalue weighted by molar-refractivity contribution is -0.132. The molecule has 0 radical (unpaired) electrons. The SMILES string of the molecule is CC(c1ccccc1)N(C)C(=O)CN(C)CC(C)(C)N.Cl. The van der Waals surface area contributed by atoms with Crippen LogP contribution in [0.2, 0.25) is 0 Å². The van der Waals surface area contributed by atoms with Gasteiger partial charge in [-0.1, -0.05) is 30.3 Å². The van der Waals surface area contributed by atoms with Crippen molar-refractivity contribution in [3.8, 4) is 0 Å². The van der Waals surface area contributed by atoms with E-state index in [9.17, 15) is 4.79 Å². The van der Waals surface area contributed by atoms with Gasteiger partial charge in [0.05, 0.1) is 12.6 Å². The zero-order chi connectivity index (χ0) is 15.3. The third kappa shape index (κ3) is 6.93. The van der Waals surface area contributed by atoms with Gasteiger partial charge in [-0.2, -0.15) is 0 Å². The van der Waals surface area contributed by atoms with Crippen LogP contribution >= 0.6 is 12.4 Å². The van der Waals surface area contributed by atoms with Gasteiger partial charge in [0.25, 0.3) is 0 Å². The molecule has 1 aromatic rings. The summed E-state index contributed by atoms with van der Waals surface area (Å²) >= 11 is 0. The average molecular weight is 314 g/mol. The summed E-state index contributed by atoms with van der Waals surface area (Å²) in [4.78, 5) is 16.1. The van der Waals surface area contributed by atoms with E-state index in [1.807, 2.05) is 70.1 Å². The van der Waals surface area contributed by atoms with Crippen molar-refractivity contribution >= 4 is 18.3 Å². The average Bonchev–Trinajstić information content (AvgIpc) is 2.35. The maximum absolute atomic E-state index is 12.3. The molecule has 0 aliphatic rings. The number of halogens is 1. The van der Waals surface area contributed by atoms with Crippen molar-refractivity contribution < 1.29 is 4.79 Å². The van der Waals surface area contributed by atoms with Crippen molar-refractivity contribution in [2.75, 3.05) is 27.2 Å². The minimum atomic E-state index is -0.293. The van der Waals surface area contributed by atoms with Gasteiger partial charge >= 0.3 is 0 Å². The summed E-state index contributed by atoms with van der Waals surface area (Å²) in [5.41, 5.74) is 6.82. The lowest BCUT2D eigenvalue weighted by atomic mass is 10.1. The normalized spacial score (nSPS) is 12.7. The summed E-state index contributed by atoms with van der Waals surface area (Å²) in [7, 11) is 3.77. The van der Waals surface area contributed by atoms with Crippen LogP contribution < -0.4 is 5.73 Å². The molecule has 0 bridgehead atoms. The maximum atomic E-state index is 12.3. The third-order valence-corrected chi connectivity index (χ3v) is 3.34. The summed E-state index contributed by atoms with van der Waals surface area (Å²) in [6.45, 7) is 7.04. The Morgan fingerprint density at radius 1 is 1.24 bits per heavy atom. The van der Waals surface area contributed by atoms with E-state index in [-0.39, 0.29) is 29.9 Å². The molecule has 0 saturated carbocycles. The highest BCUT2D eigenvalue weighted by Gasteiger charge is 2.21. The van der Waals surface area contributed by atoms with Crippen LogP contribution in [0.15, 0.2) is 30.3 Å². The summed E-state index contributed by atoms with van der Waals surface area (Å²) < 4.78 is 0. The Morgan fingerprint density at radius 2 is 1.76 bits per heavy atom. The summed E-state index contributed by atoms with van der Waals surface area (Å²) in [5.74, 6) is 0.105. The number of amides is 1. The zero-order valence-corrected chi connectivity index (χ0v) is 14.5. The molecule has 2 N–H and O–H groups in total. The molecule has 1 amide bonds. The van der Waals surface area contributed by atoms with E-state index in [2.05, 4.69) is 0 Å². The van der Waals surface area contributed by atoms with E-state index in [4.69, 9.17) is 5.73 Å². The van der Waals surface area contributed by atoms with Crippen LogP contribution in [0.3, 0.4) is 0 Å². The number of likely N-dealkylation sites (N-methyl/N-ethyl adjacent to an activating group) is 2. The molecule has 0 aliphatic heterocycles. The Bertz CT molecular complexity index is 431. The van der Waals surface area contributed by atoms with Crippen molar-refractivity contribution in [2.24, 2.45) is 5.73 Å². The highest BCUT2D eigenvalue weighted by Crippen LogP contribution is 2.18. The molecule has 0 aliphatic carbocycles. The molecule has 0 saturated heterocycles. The molecule has 1 atom stereocenters. The Balaban J connectivity index is 0.00000400. The van der Waals surface area contributed by atoms with Crippen molar-refractivity contribution in [1.29, 1.82) is 0 Å². The van der Waals surface area contributed by atoms with Gasteiger partial charge in [-0.3, -0.25) is 9.69 Å². The molecule has 1 aromatic carbocycles. The Morgan fingerprint density at radius 3 is 2.24 bits per heavy atom. The van der Waals surface area contributed by atoms with Gasteiger partial charge in [-0.25, -0.2) is 0 Å². The summed E-state index contributed by atoms with van der Waals surface area (Å²) in [6.07, 6.45) is 0. The summed E-state index contributed by atoms with van der Waals surface area (Å²) in [6, 6.07) is 10.1. The first-order valence-electron chi connectivity index (χ1n) is 6.99. The molecular weight excluding hydrogens is 286 g/mol. The van der Waals surface area contributed by atoms with E-state index in [1.165, 1.54) is 0 Å². The van der Waals surface area contributed by atoms with Gasteiger partial charge in [-0.05, 0) is 33.4 Å². The van der Waals surface area contributed by atoms with Gasteiger partial charge in [0.2, 0.25) is 5.91 Å².